The first-order valence-electron chi connectivity index (χ1n) is 10.2. The van der Waals surface area contributed by atoms with Crippen LogP contribution < -0.4 is 5.32 Å². The van der Waals surface area contributed by atoms with Gasteiger partial charge in [0.15, 0.2) is 0 Å². The highest BCUT2D eigenvalue weighted by molar-refractivity contribution is 5.95. The molecule has 0 unspecified atom stereocenters. The molecule has 0 atom stereocenters. The lowest BCUT2D eigenvalue weighted by Crippen LogP contribution is -2.51. The van der Waals surface area contributed by atoms with Crippen LogP contribution in [0.2, 0.25) is 0 Å². The molecule has 4 aliphatic carbocycles. The molecule has 4 fully saturated rings. The van der Waals surface area contributed by atoms with Gasteiger partial charge >= 0.3 is 0 Å². The van der Waals surface area contributed by atoms with Crippen molar-refractivity contribution in [2.45, 2.75) is 58.4 Å². The van der Waals surface area contributed by atoms with E-state index in [-0.39, 0.29) is 17.2 Å². The lowest BCUT2D eigenvalue weighted by molar-refractivity contribution is -0.140. The Morgan fingerprint density at radius 3 is 2.31 bits per heavy atom. The number of carbonyl (C=O) groups excluding carboxylic acids is 2. The molecule has 138 valence electrons. The summed E-state index contributed by atoms with van der Waals surface area (Å²) >= 11 is 0. The predicted octanol–water partition coefficient (Wildman–Crippen LogP) is 3.75. The molecule has 4 heteroatoms. The number of nitrogens with one attached hydrogen (secondary N) is 1. The summed E-state index contributed by atoms with van der Waals surface area (Å²) in [5.74, 6) is 2.70. The second-order valence-electron chi connectivity index (χ2n) is 9.33. The summed E-state index contributed by atoms with van der Waals surface area (Å²) in [6, 6.07) is 6.26. The zero-order valence-corrected chi connectivity index (χ0v) is 15.6. The number of hydrogen-bond acceptors (Lipinski definition) is 2. The summed E-state index contributed by atoms with van der Waals surface area (Å²) < 4.78 is 0. The molecule has 2 amide bonds. The number of rotatable bonds is 2. The molecular formula is C22H28N2O2. The lowest BCUT2D eigenvalue weighted by atomic mass is 9.49. The van der Waals surface area contributed by atoms with Gasteiger partial charge in [0.1, 0.15) is 0 Å². The molecule has 1 N–H and O–H groups in total. The van der Waals surface area contributed by atoms with Gasteiger partial charge in [0.25, 0.3) is 0 Å². The number of amides is 2. The van der Waals surface area contributed by atoms with Gasteiger partial charge in [0.05, 0.1) is 5.41 Å². The van der Waals surface area contributed by atoms with Gasteiger partial charge in [-0.2, -0.15) is 0 Å². The van der Waals surface area contributed by atoms with Gasteiger partial charge in [-0.3, -0.25) is 9.59 Å². The van der Waals surface area contributed by atoms with Crippen molar-refractivity contribution in [3.05, 3.63) is 29.3 Å². The average molecular weight is 352 g/mol. The van der Waals surface area contributed by atoms with Crippen molar-refractivity contribution < 1.29 is 9.59 Å². The molecule has 1 aliphatic heterocycles. The average Bonchev–Trinajstić information content (AvgIpc) is 2.60. The number of fused-ring (bicyclic) bond motifs is 1. The van der Waals surface area contributed by atoms with E-state index in [1.165, 1.54) is 30.4 Å². The topological polar surface area (TPSA) is 49.4 Å². The molecule has 0 spiro atoms. The van der Waals surface area contributed by atoms with Crippen LogP contribution in [0, 0.1) is 23.2 Å². The van der Waals surface area contributed by atoms with Gasteiger partial charge < -0.3 is 10.2 Å². The molecule has 0 radical (unpaired) electrons. The third-order valence-electron chi connectivity index (χ3n) is 7.44. The third kappa shape index (κ3) is 2.65. The molecular weight excluding hydrogens is 324 g/mol. The SMILES string of the molecule is CC(=O)N1CCc2ccc(NC(=O)C34CC5CC(CC(C5)C3)C4)cc2C1. The fraction of sp³-hybridized carbons (Fsp3) is 0.636. The summed E-state index contributed by atoms with van der Waals surface area (Å²) in [5, 5.41) is 3.25. The van der Waals surface area contributed by atoms with Gasteiger partial charge in [-0.1, -0.05) is 6.07 Å². The minimum absolute atomic E-state index is 0.115. The van der Waals surface area contributed by atoms with Crippen molar-refractivity contribution in [2.24, 2.45) is 23.2 Å². The summed E-state index contributed by atoms with van der Waals surface area (Å²) in [7, 11) is 0. The minimum atomic E-state index is -0.115. The van der Waals surface area contributed by atoms with Crippen molar-refractivity contribution in [3.8, 4) is 0 Å². The number of anilines is 1. The molecule has 4 saturated carbocycles. The van der Waals surface area contributed by atoms with Crippen LogP contribution >= 0.6 is 0 Å². The van der Waals surface area contributed by atoms with Crippen LogP contribution in [0.4, 0.5) is 5.69 Å². The van der Waals surface area contributed by atoms with E-state index in [9.17, 15) is 9.59 Å². The van der Waals surface area contributed by atoms with E-state index in [1.807, 2.05) is 11.0 Å². The van der Waals surface area contributed by atoms with Gasteiger partial charge in [-0.25, -0.2) is 0 Å². The van der Waals surface area contributed by atoms with Crippen molar-refractivity contribution in [1.29, 1.82) is 0 Å². The Balaban J connectivity index is 1.35. The van der Waals surface area contributed by atoms with E-state index in [1.54, 1.807) is 6.92 Å². The van der Waals surface area contributed by atoms with Crippen LogP contribution in [0.15, 0.2) is 18.2 Å². The molecule has 6 rings (SSSR count). The van der Waals surface area contributed by atoms with E-state index in [4.69, 9.17) is 0 Å². The van der Waals surface area contributed by atoms with E-state index in [0.29, 0.717) is 6.54 Å². The molecule has 4 bridgehead atoms. The molecule has 5 aliphatic rings. The van der Waals surface area contributed by atoms with Gasteiger partial charge in [0.2, 0.25) is 11.8 Å². The molecule has 1 aromatic rings. The normalized spacial score (nSPS) is 34.5. The molecule has 1 aromatic carbocycles. The molecule has 0 saturated heterocycles. The van der Waals surface area contributed by atoms with Crippen LogP contribution in [0.25, 0.3) is 0 Å². The Morgan fingerprint density at radius 1 is 1.04 bits per heavy atom. The fourth-order valence-corrected chi connectivity index (χ4v) is 6.56. The Kier molecular flexibility index (Phi) is 3.67. The maximum atomic E-state index is 13.2. The lowest BCUT2D eigenvalue weighted by Gasteiger charge is -2.55. The molecule has 4 nitrogen and oxygen atoms in total. The van der Waals surface area contributed by atoms with Crippen molar-refractivity contribution in [2.75, 3.05) is 11.9 Å². The summed E-state index contributed by atoms with van der Waals surface area (Å²) in [6.45, 7) is 3.08. The Bertz CT molecular complexity index is 734. The highest BCUT2D eigenvalue weighted by atomic mass is 16.2. The van der Waals surface area contributed by atoms with Crippen LogP contribution in [-0.4, -0.2) is 23.3 Å². The van der Waals surface area contributed by atoms with Crippen LogP contribution in [0.3, 0.4) is 0 Å². The van der Waals surface area contributed by atoms with Crippen molar-refractivity contribution in [3.63, 3.8) is 0 Å². The van der Waals surface area contributed by atoms with E-state index >= 15 is 0 Å². The summed E-state index contributed by atoms with van der Waals surface area (Å²) in [6.07, 6.45) is 8.23. The first kappa shape index (κ1) is 16.3. The van der Waals surface area contributed by atoms with Crippen LogP contribution in [0.5, 0.6) is 0 Å². The Morgan fingerprint density at radius 2 is 1.69 bits per heavy atom. The smallest absolute Gasteiger partial charge is 0.230 e. The molecule has 1 heterocycles. The first-order chi connectivity index (χ1) is 12.5. The number of nitrogens with zero attached hydrogens (tertiary/aromatic N) is 1. The van der Waals surface area contributed by atoms with Gasteiger partial charge in [-0.05, 0) is 86.0 Å². The van der Waals surface area contributed by atoms with Gasteiger partial charge in [-0.15, -0.1) is 0 Å². The number of hydrogen-bond donors (Lipinski definition) is 1. The van der Waals surface area contributed by atoms with Crippen molar-refractivity contribution in [1.82, 2.24) is 4.90 Å². The van der Waals surface area contributed by atoms with Crippen LogP contribution in [0.1, 0.15) is 56.6 Å². The summed E-state index contributed by atoms with van der Waals surface area (Å²) in [5.41, 5.74) is 3.26. The molecule has 0 aromatic heterocycles. The van der Waals surface area contributed by atoms with Crippen molar-refractivity contribution >= 4 is 17.5 Å². The highest BCUT2D eigenvalue weighted by Crippen LogP contribution is 2.60. The standard InChI is InChI=1S/C22H28N2O2/c1-14(25)24-5-4-18-2-3-20(9-19(18)13-24)23-21(26)22-10-15-6-16(11-22)8-17(7-15)12-22/h2-3,9,15-17H,4-8,10-13H2,1H3,(H,23,26). The third-order valence-corrected chi connectivity index (χ3v) is 7.44. The maximum absolute atomic E-state index is 13.2. The number of benzene rings is 1. The second kappa shape index (κ2) is 5.83. The Labute approximate surface area is 155 Å². The van der Waals surface area contributed by atoms with Crippen LogP contribution in [-0.2, 0) is 22.6 Å². The second-order valence-corrected chi connectivity index (χ2v) is 9.33. The van der Waals surface area contributed by atoms with E-state index in [2.05, 4.69) is 17.4 Å². The zero-order valence-electron chi connectivity index (χ0n) is 15.6. The van der Waals surface area contributed by atoms with Gasteiger partial charge in [0, 0.05) is 25.7 Å². The maximum Gasteiger partial charge on any atom is 0.230 e. The zero-order chi connectivity index (χ0) is 17.9. The summed E-state index contributed by atoms with van der Waals surface area (Å²) in [4.78, 5) is 26.8. The first-order valence-corrected chi connectivity index (χ1v) is 10.2. The Hall–Kier alpha value is -1.84. The molecule has 26 heavy (non-hydrogen) atoms. The highest BCUT2D eigenvalue weighted by Gasteiger charge is 2.54. The monoisotopic (exact) mass is 352 g/mol. The number of carbonyl (C=O) groups is 2. The predicted molar refractivity (Wildman–Crippen MR) is 100 cm³/mol. The van der Waals surface area contributed by atoms with E-state index < -0.39 is 0 Å². The minimum Gasteiger partial charge on any atom is -0.338 e. The van der Waals surface area contributed by atoms with E-state index in [0.717, 1.165) is 55.7 Å². The fourth-order valence-electron chi connectivity index (χ4n) is 6.56. The quantitative estimate of drug-likeness (QED) is 0.881. The largest absolute Gasteiger partial charge is 0.338 e.